The number of carbonyl (C=O) groups is 1. The van der Waals surface area contributed by atoms with Crippen molar-refractivity contribution < 1.29 is 23.2 Å². The minimum absolute atomic E-state index is 0.584. The molecule has 1 aromatic rings. The normalized spacial score (nSPS) is 10.4. The van der Waals surface area contributed by atoms with Crippen molar-refractivity contribution in [3.63, 3.8) is 0 Å². The summed E-state index contributed by atoms with van der Waals surface area (Å²) in [7, 11) is 0.949. The Morgan fingerprint density at radius 3 is 2.65 bits per heavy atom. The van der Waals surface area contributed by atoms with E-state index in [-0.39, 0.29) is 0 Å². The van der Waals surface area contributed by atoms with Crippen molar-refractivity contribution in [1.29, 1.82) is 0 Å². The first-order valence-corrected chi connectivity index (χ1v) is 4.47. The first-order chi connectivity index (χ1) is 7.88. The van der Waals surface area contributed by atoms with E-state index < -0.39 is 39.4 Å². The van der Waals surface area contributed by atoms with Crippen LogP contribution >= 0.6 is 11.6 Å². The van der Waals surface area contributed by atoms with Crippen LogP contribution in [0.25, 0.3) is 0 Å². The summed E-state index contributed by atoms with van der Waals surface area (Å²) in [4.78, 5) is 23.9. The van der Waals surface area contributed by atoms with E-state index in [9.17, 15) is 23.7 Å². The average Bonchev–Trinajstić information content (AvgIpc) is 2.26. The predicted molar refractivity (Wildman–Crippen MR) is 52.2 cm³/mol. The van der Waals surface area contributed by atoms with E-state index >= 15 is 0 Å². The van der Waals surface area contributed by atoms with Gasteiger partial charge >= 0.3 is 11.7 Å². The molecule has 0 spiro atoms. The molecule has 0 aliphatic rings. The van der Waals surface area contributed by atoms with Crippen molar-refractivity contribution in [3.8, 4) is 0 Å². The van der Waals surface area contributed by atoms with Crippen LogP contribution in [-0.4, -0.2) is 23.0 Å². The summed E-state index contributed by atoms with van der Waals surface area (Å²) in [6.45, 7) is 0. The minimum atomic E-state index is -3.05. The lowest BCUT2D eigenvalue weighted by Crippen LogP contribution is -2.10. The van der Waals surface area contributed by atoms with Gasteiger partial charge in [-0.25, -0.2) is 18.6 Å². The molecule has 0 amide bonds. The third kappa shape index (κ3) is 2.64. The Kier molecular flexibility index (Phi) is 3.89. The van der Waals surface area contributed by atoms with Gasteiger partial charge < -0.3 is 4.74 Å². The number of ether oxygens (including phenoxy) is 1. The quantitative estimate of drug-likeness (QED) is 0.476. The standard InChI is InChI=1S/C8H5ClF2N2O4/c1-17-8(14)6-4(13(15)16)2-3(9)5(12-6)7(10)11/h2,7H,1H3. The highest BCUT2D eigenvalue weighted by molar-refractivity contribution is 6.31. The Bertz CT molecular complexity index is 481. The highest BCUT2D eigenvalue weighted by Crippen LogP contribution is 2.30. The number of aromatic nitrogens is 1. The highest BCUT2D eigenvalue weighted by atomic mass is 35.5. The molecule has 0 aliphatic heterocycles. The molecule has 0 saturated heterocycles. The molecular weight excluding hydrogens is 262 g/mol. The first-order valence-electron chi connectivity index (χ1n) is 4.09. The van der Waals surface area contributed by atoms with Gasteiger partial charge in [0.15, 0.2) is 0 Å². The molecule has 0 N–H and O–H groups in total. The van der Waals surface area contributed by atoms with E-state index in [4.69, 9.17) is 11.6 Å². The van der Waals surface area contributed by atoms with Crippen LogP contribution in [0.5, 0.6) is 0 Å². The topological polar surface area (TPSA) is 82.3 Å². The second-order valence-corrected chi connectivity index (χ2v) is 3.18. The number of methoxy groups -OCH3 is 1. The summed E-state index contributed by atoms with van der Waals surface area (Å²) in [6, 6.07) is 0.641. The zero-order valence-corrected chi connectivity index (χ0v) is 9.07. The van der Waals surface area contributed by atoms with Crippen molar-refractivity contribution >= 4 is 23.3 Å². The highest BCUT2D eigenvalue weighted by Gasteiger charge is 2.28. The van der Waals surface area contributed by atoms with Gasteiger partial charge in [0.05, 0.1) is 17.1 Å². The van der Waals surface area contributed by atoms with Crippen LogP contribution in [0.15, 0.2) is 6.07 Å². The number of nitrogens with zero attached hydrogens (tertiary/aromatic N) is 2. The Hall–Kier alpha value is -1.83. The summed E-state index contributed by atoms with van der Waals surface area (Å²) in [5, 5.41) is 10.0. The molecule has 0 bridgehead atoms. The van der Waals surface area contributed by atoms with E-state index in [1.165, 1.54) is 0 Å². The van der Waals surface area contributed by atoms with E-state index in [1.54, 1.807) is 0 Å². The van der Waals surface area contributed by atoms with Crippen LogP contribution in [0.1, 0.15) is 22.6 Å². The Morgan fingerprint density at radius 1 is 1.65 bits per heavy atom. The Morgan fingerprint density at radius 2 is 2.24 bits per heavy atom. The summed E-state index contributed by atoms with van der Waals surface area (Å²) >= 11 is 5.39. The largest absolute Gasteiger partial charge is 0.464 e. The average molecular weight is 267 g/mol. The third-order valence-electron chi connectivity index (χ3n) is 1.77. The van der Waals surface area contributed by atoms with Gasteiger partial charge in [0.25, 0.3) is 6.43 Å². The number of nitro groups is 1. The van der Waals surface area contributed by atoms with Crippen molar-refractivity contribution in [2.24, 2.45) is 0 Å². The second kappa shape index (κ2) is 5.00. The molecule has 9 heteroatoms. The van der Waals surface area contributed by atoms with Crippen molar-refractivity contribution in [3.05, 3.63) is 32.6 Å². The van der Waals surface area contributed by atoms with Crippen molar-refractivity contribution in [2.75, 3.05) is 7.11 Å². The number of pyridine rings is 1. The lowest BCUT2D eigenvalue weighted by Gasteiger charge is -2.05. The molecule has 17 heavy (non-hydrogen) atoms. The Balaban J connectivity index is 3.47. The van der Waals surface area contributed by atoms with E-state index in [0.717, 1.165) is 7.11 Å². The van der Waals surface area contributed by atoms with Crippen LogP contribution in [0.4, 0.5) is 14.5 Å². The van der Waals surface area contributed by atoms with Gasteiger partial charge in [-0.1, -0.05) is 11.6 Å². The number of carbonyl (C=O) groups excluding carboxylic acids is 1. The van der Waals surface area contributed by atoms with Gasteiger partial charge in [0.1, 0.15) is 5.69 Å². The molecule has 0 radical (unpaired) electrons. The van der Waals surface area contributed by atoms with E-state index in [2.05, 4.69) is 9.72 Å². The number of rotatable bonds is 3. The Labute approximate surface area is 98.3 Å². The zero-order valence-electron chi connectivity index (χ0n) is 8.32. The summed E-state index contributed by atoms with van der Waals surface area (Å²) in [5.41, 5.74) is -2.50. The molecule has 0 aromatic carbocycles. The summed E-state index contributed by atoms with van der Waals surface area (Å²) in [6.07, 6.45) is -3.05. The predicted octanol–water partition coefficient (Wildman–Crippen LogP) is 2.37. The van der Waals surface area contributed by atoms with Crippen LogP contribution in [-0.2, 0) is 4.74 Å². The number of halogens is 3. The lowest BCUT2D eigenvalue weighted by atomic mass is 10.2. The molecular formula is C8H5ClF2N2O4. The molecule has 0 unspecified atom stereocenters. The van der Waals surface area contributed by atoms with Crippen LogP contribution in [0.2, 0.25) is 5.02 Å². The van der Waals surface area contributed by atoms with Crippen molar-refractivity contribution in [2.45, 2.75) is 6.43 Å². The monoisotopic (exact) mass is 266 g/mol. The second-order valence-electron chi connectivity index (χ2n) is 2.77. The summed E-state index contributed by atoms with van der Waals surface area (Å²) < 4.78 is 29.1. The molecule has 1 rings (SSSR count). The number of alkyl halides is 2. The fourth-order valence-electron chi connectivity index (χ4n) is 1.03. The van der Waals surface area contributed by atoms with Crippen LogP contribution < -0.4 is 0 Å². The smallest absolute Gasteiger partial charge is 0.363 e. The fraction of sp³-hybridized carbons (Fsp3) is 0.250. The summed E-state index contributed by atoms with van der Waals surface area (Å²) in [5.74, 6) is -1.18. The molecule has 0 fully saturated rings. The van der Waals surface area contributed by atoms with Crippen molar-refractivity contribution in [1.82, 2.24) is 4.98 Å². The molecule has 1 aromatic heterocycles. The van der Waals surface area contributed by atoms with Gasteiger partial charge in [-0.2, -0.15) is 0 Å². The number of hydrogen-bond acceptors (Lipinski definition) is 5. The van der Waals surface area contributed by atoms with E-state index in [1.807, 2.05) is 0 Å². The molecule has 1 heterocycles. The van der Waals surface area contributed by atoms with Gasteiger partial charge in [-0.05, 0) is 0 Å². The molecule has 0 saturated carbocycles. The zero-order chi connectivity index (χ0) is 13.2. The van der Waals surface area contributed by atoms with Gasteiger partial charge in [0, 0.05) is 6.07 Å². The van der Waals surface area contributed by atoms with E-state index in [0.29, 0.717) is 6.07 Å². The van der Waals surface area contributed by atoms with Gasteiger partial charge in [-0.15, -0.1) is 0 Å². The van der Waals surface area contributed by atoms with Crippen LogP contribution in [0, 0.1) is 10.1 Å². The molecule has 0 aliphatic carbocycles. The minimum Gasteiger partial charge on any atom is -0.464 e. The molecule has 6 nitrogen and oxygen atoms in total. The molecule has 92 valence electrons. The lowest BCUT2D eigenvalue weighted by molar-refractivity contribution is -0.385. The third-order valence-corrected chi connectivity index (χ3v) is 2.07. The van der Waals surface area contributed by atoms with Gasteiger partial charge in [-0.3, -0.25) is 10.1 Å². The number of esters is 1. The van der Waals surface area contributed by atoms with Gasteiger partial charge in [0.2, 0.25) is 5.69 Å². The first kappa shape index (κ1) is 13.2. The fourth-order valence-corrected chi connectivity index (χ4v) is 1.26. The SMILES string of the molecule is COC(=O)c1nc(C(F)F)c(Cl)cc1[N+](=O)[O-]. The maximum atomic E-state index is 12.4. The van der Waals surface area contributed by atoms with Crippen LogP contribution in [0.3, 0.4) is 0 Å². The molecule has 0 atom stereocenters. The number of hydrogen-bond donors (Lipinski definition) is 0. The maximum absolute atomic E-state index is 12.4. The maximum Gasteiger partial charge on any atom is 0.363 e.